The topological polar surface area (TPSA) is 60.7 Å². The Morgan fingerprint density at radius 2 is 1.45 bits per heavy atom. The molecule has 0 aliphatic heterocycles. The Morgan fingerprint density at radius 1 is 1.00 bits per heavy atom. The Bertz CT molecular complexity index is 212. The fourth-order valence-corrected chi connectivity index (χ4v) is 0.646. The van der Waals surface area contributed by atoms with Crippen LogP contribution in [0.4, 0.5) is 0 Å². The van der Waals surface area contributed by atoms with Crippen molar-refractivity contribution >= 4 is 12.6 Å². The molecule has 0 amide bonds. The first-order chi connectivity index (χ1) is 4.70. The van der Waals surface area contributed by atoms with E-state index in [2.05, 4.69) is 0 Å². The quantitative estimate of drug-likeness (QED) is 0.559. The molecule has 3 N–H and O–H groups in total. The summed E-state index contributed by atoms with van der Waals surface area (Å²) in [5, 5.41) is 26.0. The summed E-state index contributed by atoms with van der Waals surface area (Å²) in [7, 11) is -1.46. The van der Waals surface area contributed by atoms with Crippen LogP contribution in [0.2, 0.25) is 0 Å². The van der Waals surface area contributed by atoms with Crippen LogP contribution in [-0.4, -0.2) is 22.3 Å². The van der Waals surface area contributed by atoms with Crippen LogP contribution in [0, 0.1) is 0 Å². The predicted molar refractivity (Wildman–Crippen MR) is 37.9 cm³/mol. The van der Waals surface area contributed by atoms with Crippen LogP contribution in [0.3, 0.4) is 0 Å². The summed E-state index contributed by atoms with van der Waals surface area (Å²) in [5.41, 5.74) is 0.373. The van der Waals surface area contributed by atoms with Crippen LogP contribution >= 0.6 is 0 Å². The monoisotopic (exact) mass is 244 g/mol. The van der Waals surface area contributed by atoms with Gasteiger partial charge in [-0.05, 0) is 17.6 Å². The summed E-state index contributed by atoms with van der Waals surface area (Å²) < 4.78 is 0. The van der Waals surface area contributed by atoms with Crippen molar-refractivity contribution < 1.29 is 35.6 Å². The fraction of sp³-hybridized carbons (Fsp3) is 0. The molecule has 0 radical (unpaired) electrons. The average molecular weight is 244 g/mol. The molecule has 0 unspecified atom stereocenters. The van der Waals surface area contributed by atoms with Crippen molar-refractivity contribution in [3.05, 3.63) is 24.3 Å². The SMILES string of the molecule is OB(O)c1ccc(O)cc1.[Pd]. The molecule has 0 atom stereocenters. The van der Waals surface area contributed by atoms with Crippen molar-refractivity contribution in [1.29, 1.82) is 0 Å². The molecule has 1 aromatic carbocycles. The standard InChI is InChI=1S/C6H7BO3.Pd/c8-6-3-1-5(2-4-6)7(9)10;/h1-4,8-10H;. The molecule has 0 heterocycles. The maximum atomic E-state index is 8.78. The van der Waals surface area contributed by atoms with Gasteiger partial charge in [0.1, 0.15) is 5.75 Å². The zero-order valence-electron chi connectivity index (χ0n) is 5.54. The van der Waals surface area contributed by atoms with E-state index >= 15 is 0 Å². The molecule has 0 fully saturated rings. The zero-order valence-corrected chi connectivity index (χ0v) is 7.10. The van der Waals surface area contributed by atoms with Crippen LogP contribution in [0.25, 0.3) is 0 Å². The van der Waals surface area contributed by atoms with E-state index in [1.807, 2.05) is 0 Å². The summed E-state index contributed by atoms with van der Waals surface area (Å²) in [6, 6.07) is 5.68. The maximum absolute atomic E-state index is 8.78. The molecule has 0 aliphatic rings. The van der Waals surface area contributed by atoms with Gasteiger partial charge in [-0.2, -0.15) is 0 Å². The van der Waals surface area contributed by atoms with Gasteiger partial charge in [0, 0.05) is 20.4 Å². The van der Waals surface area contributed by atoms with Crippen molar-refractivity contribution in [2.45, 2.75) is 0 Å². The van der Waals surface area contributed by atoms with Gasteiger partial charge in [-0.3, -0.25) is 0 Å². The third-order valence-electron chi connectivity index (χ3n) is 1.19. The van der Waals surface area contributed by atoms with Gasteiger partial charge in [-0.25, -0.2) is 0 Å². The number of hydrogen-bond acceptors (Lipinski definition) is 3. The molecule has 62 valence electrons. The van der Waals surface area contributed by atoms with Gasteiger partial charge in [0.2, 0.25) is 0 Å². The smallest absolute Gasteiger partial charge is 0.488 e. The van der Waals surface area contributed by atoms with Crippen LogP contribution in [0.1, 0.15) is 0 Å². The molecular weight excluding hydrogens is 237 g/mol. The second kappa shape index (κ2) is 4.53. The van der Waals surface area contributed by atoms with Crippen molar-refractivity contribution in [3.63, 3.8) is 0 Å². The van der Waals surface area contributed by atoms with Gasteiger partial charge in [0.15, 0.2) is 0 Å². The van der Waals surface area contributed by atoms with Gasteiger partial charge < -0.3 is 15.2 Å². The van der Waals surface area contributed by atoms with E-state index in [1.165, 1.54) is 24.3 Å². The van der Waals surface area contributed by atoms with Crippen LogP contribution < -0.4 is 5.46 Å². The Morgan fingerprint density at radius 3 is 1.82 bits per heavy atom. The third-order valence-corrected chi connectivity index (χ3v) is 1.19. The molecule has 3 nitrogen and oxygen atoms in total. The Kier molecular flexibility index (Phi) is 4.39. The van der Waals surface area contributed by atoms with E-state index < -0.39 is 7.12 Å². The minimum absolute atomic E-state index is 0. The number of phenols is 1. The number of aromatic hydroxyl groups is 1. The Balaban J connectivity index is 0.000001000. The third kappa shape index (κ3) is 3.04. The Labute approximate surface area is 78.5 Å². The van der Waals surface area contributed by atoms with E-state index in [4.69, 9.17) is 15.2 Å². The molecule has 0 aromatic heterocycles. The predicted octanol–water partition coefficient (Wildman–Crippen LogP) is -0.931. The van der Waals surface area contributed by atoms with Crippen molar-refractivity contribution in [3.8, 4) is 5.75 Å². The number of phenolic OH excluding ortho intramolecular Hbond substituents is 1. The second-order valence-corrected chi connectivity index (χ2v) is 1.97. The molecule has 5 heteroatoms. The molecule has 0 bridgehead atoms. The van der Waals surface area contributed by atoms with Gasteiger partial charge >= 0.3 is 7.12 Å². The summed E-state index contributed by atoms with van der Waals surface area (Å²) in [5.74, 6) is 0.115. The fourth-order valence-electron chi connectivity index (χ4n) is 0.646. The molecule has 1 rings (SSSR count). The molecule has 0 aliphatic carbocycles. The molecular formula is C6H7BO3Pd. The number of hydrogen-bond donors (Lipinski definition) is 3. The van der Waals surface area contributed by atoms with Crippen LogP contribution in [0.5, 0.6) is 5.75 Å². The van der Waals surface area contributed by atoms with Gasteiger partial charge in [-0.15, -0.1) is 0 Å². The zero-order chi connectivity index (χ0) is 7.56. The van der Waals surface area contributed by atoms with Gasteiger partial charge in [-0.1, -0.05) is 12.1 Å². The van der Waals surface area contributed by atoms with E-state index in [-0.39, 0.29) is 26.2 Å². The van der Waals surface area contributed by atoms with E-state index in [1.54, 1.807) is 0 Å². The average Bonchev–Trinajstić information content (AvgIpc) is 1.88. The first kappa shape index (κ1) is 10.7. The normalized spacial score (nSPS) is 8.55. The van der Waals surface area contributed by atoms with Crippen LogP contribution in [0.15, 0.2) is 24.3 Å². The maximum Gasteiger partial charge on any atom is 0.488 e. The second-order valence-electron chi connectivity index (χ2n) is 1.97. The van der Waals surface area contributed by atoms with Crippen molar-refractivity contribution in [2.24, 2.45) is 0 Å². The minimum atomic E-state index is -1.46. The van der Waals surface area contributed by atoms with Gasteiger partial charge in [0.05, 0.1) is 0 Å². The summed E-state index contributed by atoms with van der Waals surface area (Å²) >= 11 is 0. The van der Waals surface area contributed by atoms with Crippen molar-refractivity contribution in [2.75, 3.05) is 0 Å². The molecule has 0 spiro atoms. The summed E-state index contributed by atoms with van der Waals surface area (Å²) in [6.07, 6.45) is 0. The number of rotatable bonds is 1. The minimum Gasteiger partial charge on any atom is -0.508 e. The summed E-state index contributed by atoms with van der Waals surface area (Å²) in [6.45, 7) is 0. The van der Waals surface area contributed by atoms with Crippen LogP contribution in [-0.2, 0) is 20.4 Å². The molecule has 0 saturated heterocycles. The van der Waals surface area contributed by atoms with E-state index in [0.717, 1.165) is 0 Å². The van der Waals surface area contributed by atoms with Gasteiger partial charge in [0.25, 0.3) is 0 Å². The number of benzene rings is 1. The van der Waals surface area contributed by atoms with Crippen molar-refractivity contribution in [1.82, 2.24) is 0 Å². The molecule has 11 heavy (non-hydrogen) atoms. The first-order valence-corrected chi connectivity index (χ1v) is 2.85. The van der Waals surface area contributed by atoms with E-state index in [0.29, 0.717) is 5.46 Å². The largest absolute Gasteiger partial charge is 0.508 e. The first-order valence-electron chi connectivity index (χ1n) is 2.85. The Hall–Kier alpha value is -0.333. The van der Waals surface area contributed by atoms with E-state index in [9.17, 15) is 0 Å². The molecule has 0 saturated carbocycles. The summed E-state index contributed by atoms with van der Waals surface area (Å²) in [4.78, 5) is 0. The molecule has 1 aromatic rings.